The van der Waals surface area contributed by atoms with Crippen molar-refractivity contribution in [3.8, 4) is 0 Å². The standard InChI is InChI=1S/C9H14O/c1-7-4-5-8(10)9(2,3)6-7/h4-5,10H,6H2,1-3H3. The first kappa shape index (κ1) is 7.39. The molecule has 0 unspecified atom stereocenters. The molecule has 0 heterocycles. The van der Waals surface area contributed by atoms with Crippen molar-refractivity contribution < 1.29 is 5.11 Å². The van der Waals surface area contributed by atoms with E-state index < -0.39 is 0 Å². The Bertz CT molecular complexity index is 197. The summed E-state index contributed by atoms with van der Waals surface area (Å²) in [6.45, 7) is 6.19. The predicted octanol–water partition coefficient (Wildman–Crippen LogP) is 2.80. The molecule has 1 heteroatoms. The van der Waals surface area contributed by atoms with E-state index in [1.54, 1.807) is 6.08 Å². The Hall–Kier alpha value is -0.720. The van der Waals surface area contributed by atoms with E-state index in [2.05, 4.69) is 20.8 Å². The fourth-order valence-corrected chi connectivity index (χ4v) is 1.29. The number of allylic oxidation sites excluding steroid dienone is 4. The van der Waals surface area contributed by atoms with Crippen LogP contribution >= 0.6 is 0 Å². The average molecular weight is 138 g/mol. The maximum absolute atomic E-state index is 9.37. The van der Waals surface area contributed by atoms with Crippen LogP contribution in [0.3, 0.4) is 0 Å². The van der Waals surface area contributed by atoms with Gasteiger partial charge in [-0.2, -0.15) is 0 Å². The minimum Gasteiger partial charge on any atom is -0.512 e. The first-order chi connectivity index (χ1) is 4.52. The highest BCUT2D eigenvalue weighted by Gasteiger charge is 2.25. The molecule has 0 saturated heterocycles. The van der Waals surface area contributed by atoms with Crippen molar-refractivity contribution in [1.82, 2.24) is 0 Å². The van der Waals surface area contributed by atoms with Crippen LogP contribution in [-0.4, -0.2) is 5.11 Å². The van der Waals surface area contributed by atoms with Gasteiger partial charge in [0.1, 0.15) is 0 Å². The van der Waals surface area contributed by atoms with Gasteiger partial charge in [-0.1, -0.05) is 25.5 Å². The van der Waals surface area contributed by atoms with Gasteiger partial charge in [-0.15, -0.1) is 0 Å². The maximum Gasteiger partial charge on any atom is 0.0981 e. The summed E-state index contributed by atoms with van der Waals surface area (Å²) in [5.41, 5.74) is 1.29. The minimum atomic E-state index is -0.0428. The van der Waals surface area contributed by atoms with Crippen LogP contribution in [0.5, 0.6) is 0 Å². The van der Waals surface area contributed by atoms with Crippen LogP contribution in [0.25, 0.3) is 0 Å². The lowest BCUT2D eigenvalue weighted by molar-refractivity contribution is 0.252. The van der Waals surface area contributed by atoms with E-state index in [-0.39, 0.29) is 5.41 Å². The SMILES string of the molecule is CC1=CC=C(O)C(C)(C)C1. The topological polar surface area (TPSA) is 20.2 Å². The van der Waals surface area contributed by atoms with Crippen molar-refractivity contribution >= 4 is 0 Å². The van der Waals surface area contributed by atoms with Crippen molar-refractivity contribution in [2.45, 2.75) is 27.2 Å². The van der Waals surface area contributed by atoms with Gasteiger partial charge in [0.25, 0.3) is 0 Å². The second-order valence-corrected chi connectivity index (χ2v) is 3.63. The summed E-state index contributed by atoms with van der Waals surface area (Å²) in [6, 6.07) is 0. The molecular weight excluding hydrogens is 124 g/mol. The number of aliphatic hydroxyl groups excluding tert-OH is 1. The van der Waals surface area contributed by atoms with Crippen LogP contribution in [0.1, 0.15) is 27.2 Å². The van der Waals surface area contributed by atoms with Crippen LogP contribution in [-0.2, 0) is 0 Å². The summed E-state index contributed by atoms with van der Waals surface area (Å²) in [6.07, 6.45) is 4.73. The molecule has 1 aliphatic carbocycles. The summed E-state index contributed by atoms with van der Waals surface area (Å²) in [5.74, 6) is 0.498. The van der Waals surface area contributed by atoms with E-state index >= 15 is 0 Å². The number of aliphatic hydroxyl groups is 1. The number of rotatable bonds is 0. The Morgan fingerprint density at radius 1 is 1.40 bits per heavy atom. The van der Waals surface area contributed by atoms with Gasteiger partial charge in [-0.05, 0) is 19.4 Å². The summed E-state index contributed by atoms with van der Waals surface area (Å²) >= 11 is 0. The smallest absolute Gasteiger partial charge is 0.0981 e. The highest BCUT2D eigenvalue weighted by atomic mass is 16.3. The predicted molar refractivity (Wildman–Crippen MR) is 42.9 cm³/mol. The van der Waals surface area contributed by atoms with Gasteiger partial charge < -0.3 is 5.11 Å². The molecule has 0 bridgehead atoms. The Kier molecular flexibility index (Phi) is 1.59. The molecule has 1 nitrogen and oxygen atoms in total. The van der Waals surface area contributed by atoms with Crippen molar-refractivity contribution in [2.75, 3.05) is 0 Å². The summed E-state index contributed by atoms with van der Waals surface area (Å²) in [5, 5.41) is 9.37. The lowest BCUT2D eigenvalue weighted by atomic mass is 9.81. The first-order valence-corrected chi connectivity index (χ1v) is 3.59. The molecule has 10 heavy (non-hydrogen) atoms. The minimum absolute atomic E-state index is 0.0428. The van der Waals surface area contributed by atoms with Gasteiger partial charge in [-0.3, -0.25) is 0 Å². The average Bonchev–Trinajstić information content (AvgIpc) is 1.78. The normalized spacial score (nSPS) is 23.5. The van der Waals surface area contributed by atoms with Crippen LogP contribution in [0, 0.1) is 5.41 Å². The number of hydrogen-bond donors (Lipinski definition) is 1. The first-order valence-electron chi connectivity index (χ1n) is 3.59. The third kappa shape index (κ3) is 1.23. The van der Waals surface area contributed by atoms with Crippen molar-refractivity contribution in [2.24, 2.45) is 5.41 Å². The third-order valence-electron chi connectivity index (χ3n) is 1.94. The molecule has 1 N–H and O–H groups in total. The molecule has 0 saturated carbocycles. The van der Waals surface area contributed by atoms with Crippen molar-refractivity contribution in [3.63, 3.8) is 0 Å². The maximum atomic E-state index is 9.37. The monoisotopic (exact) mass is 138 g/mol. The Balaban J connectivity index is 2.89. The van der Waals surface area contributed by atoms with E-state index in [9.17, 15) is 5.11 Å². The quantitative estimate of drug-likeness (QED) is 0.545. The Labute approximate surface area is 62.1 Å². The highest BCUT2D eigenvalue weighted by Crippen LogP contribution is 2.34. The zero-order chi connectivity index (χ0) is 7.78. The molecule has 1 rings (SSSR count). The molecule has 0 atom stereocenters. The second kappa shape index (κ2) is 2.15. The largest absolute Gasteiger partial charge is 0.512 e. The van der Waals surface area contributed by atoms with E-state index in [0.717, 1.165) is 6.42 Å². The zero-order valence-electron chi connectivity index (χ0n) is 6.81. The molecule has 56 valence electrons. The van der Waals surface area contributed by atoms with Gasteiger partial charge >= 0.3 is 0 Å². The fraction of sp³-hybridized carbons (Fsp3) is 0.556. The Morgan fingerprint density at radius 2 is 2.00 bits per heavy atom. The Morgan fingerprint density at radius 3 is 2.40 bits per heavy atom. The fourth-order valence-electron chi connectivity index (χ4n) is 1.29. The molecule has 1 aliphatic rings. The molecule has 0 aliphatic heterocycles. The lowest BCUT2D eigenvalue weighted by Crippen LogP contribution is -2.17. The van der Waals surface area contributed by atoms with Gasteiger partial charge in [-0.25, -0.2) is 0 Å². The van der Waals surface area contributed by atoms with Crippen molar-refractivity contribution in [1.29, 1.82) is 0 Å². The molecule has 0 aromatic heterocycles. The van der Waals surface area contributed by atoms with E-state index in [4.69, 9.17) is 0 Å². The second-order valence-electron chi connectivity index (χ2n) is 3.63. The molecule has 0 aromatic rings. The zero-order valence-corrected chi connectivity index (χ0v) is 6.81. The van der Waals surface area contributed by atoms with E-state index in [1.807, 2.05) is 6.08 Å². The van der Waals surface area contributed by atoms with Crippen LogP contribution in [0.4, 0.5) is 0 Å². The third-order valence-corrected chi connectivity index (χ3v) is 1.94. The van der Waals surface area contributed by atoms with Crippen LogP contribution in [0.2, 0.25) is 0 Å². The van der Waals surface area contributed by atoms with E-state index in [1.165, 1.54) is 5.57 Å². The number of hydrogen-bond acceptors (Lipinski definition) is 1. The highest BCUT2D eigenvalue weighted by molar-refractivity contribution is 5.24. The molecule has 0 amide bonds. The molecule has 0 fully saturated rings. The van der Waals surface area contributed by atoms with Gasteiger partial charge in [0.15, 0.2) is 0 Å². The van der Waals surface area contributed by atoms with Gasteiger partial charge in [0, 0.05) is 5.41 Å². The van der Waals surface area contributed by atoms with Crippen LogP contribution in [0.15, 0.2) is 23.5 Å². The molecule has 0 spiro atoms. The summed E-state index contributed by atoms with van der Waals surface area (Å²) in [4.78, 5) is 0. The van der Waals surface area contributed by atoms with Crippen molar-refractivity contribution in [3.05, 3.63) is 23.5 Å². The summed E-state index contributed by atoms with van der Waals surface area (Å²) in [7, 11) is 0. The van der Waals surface area contributed by atoms with Crippen LogP contribution < -0.4 is 0 Å². The molecule has 0 aromatic carbocycles. The summed E-state index contributed by atoms with van der Waals surface area (Å²) < 4.78 is 0. The van der Waals surface area contributed by atoms with E-state index in [0.29, 0.717) is 5.76 Å². The lowest BCUT2D eigenvalue weighted by Gasteiger charge is -2.26. The molecular formula is C9H14O. The van der Waals surface area contributed by atoms with Gasteiger partial charge in [0.2, 0.25) is 0 Å². The van der Waals surface area contributed by atoms with Gasteiger partial charge in [0.05, 0.1) is 5.76 Å². The molecule has 0 radical (unpaired) electrons.